The maximum absolute atomic E-state index is 2.17. The van der Waals surface area contributed by atoms with Crippen molar-refractivity contribution in [2.45, 2.75) is 50.5 Å². The van der Waals surface area contributed by atoms with E-state index in [1.807, 2.05) is 0 Å². The van der Waals surface area contributed by atoms with Gasteiger partial charge >= 0.3 is 0 Å². The molecule has 0 unspecified atom stereocenters. The zero-order valence-corrected chi connectivity index (χ0v) is 3.58. The molecular weight excluding hydrogens is 96.1 g/mol. The van der Waals surface area contributed by atoms with Gasteiger partial charge < -0.3 is 0 Å². The van der Waals surface area contributed by atoms with Crippen LogP contribution in [0.5, 0.6) is 0 Å². The Hall–Kier alpha value is 0. The highest BCUT2D eigenvalue weighted by molar-refractivity contribution is 4.20. The van der Waals surface area contributed by atoms with Crippen LogP contribution in [0.2, 0.25) is 0 Å². The van der Waals surface area contributed by atoms with Crippen LogP contribution in [-0.2, 0) is 0 Å². The Morgan fingerprint density at radius 3 is 0.625 bits per heavy atom. The molecule has 0 heterocycles. The van der Waals surface area contributed by atoms with E-state index in [9.17, 15) is 0 Å². The predicted molar refractivity (Wildman–Crippen MR) is 47.4 cm³/mol. The van der Waals surface area contributed by atoms with E-state index >= 15 is 0 Å². The van der Waals surface area contributed by atoms with Crippen molar-refractivity contribution in [1.82, 2.24) is 0 Å². The summed E-state index contributed by atoms with van der Waals surface area (Å²) in [5.41, 5.74) is 0. The quantitative estimate of drug-likeness (QED) is 0.451. The summed E-state index contributed by atoms with van der Waals surface area (Å²) in [7, 11) is 0. The van der Waals surface area contributed by atoms with Gasteiger partial charge in [0.15, 0.2) is 0 Å². The van der Waals surface area contributed by atoms with E-state index < -0.39 is 0 Å². The number of rotatable bonds is 0. The van der Waals surface area contributed by atoms with Gasteiger partial charge in [-0.3, -0.25) is 0 Å². The fourth-order valence-electron chi connectivity index (χ4n) is 0. The summed E-state index contributed by atoms with van der Waals surface area (Å²) in [5, 5.41) is 0. The maximum Gasteiger partial charge on any atom is -0.0500 e. The molecule has 0 radical (unpaired) electrons. The summed E-state index contributed by atoms with van der Waals surface area (Å²) in [6.07, 6.45) is 0. The second-order valence-electron chi connectivity index (χ2n) is 1.73. The van der Waals surface area contributed by atoms with E-state index in [1.165, 1.54) is 0 Å². The zero-order chi connectivity index (χ0) is 3.58. The summed E-state index contributed by atoms with van der Waals surface area (Å²) < 4.78 is 0. The molecule has 0 atom stereocenters. The SMILES string of the molecule is C.C.C.C.CC(C)C. The third kappa shape index (κ3) is 0. The molecule has 0 heteroatoms. The Balaban J connectivity index is -0.00000000750. The minimum atomic E-state index is 0. The molecule has 58 valence electrons. The van der Waals surface area contributed by atoms with E-state index in [2.05, 4.69) is 20.8 Å². The smallest absolute Gasteiger partial charge is 0.0500 e. The molecule has 0 aliphatic heterocycles. The van der Waals surface area contributed by atoms with Crippen LogP contribution >= 0.6 is 0 Å². The van der Waals surface area contributed by atoms with Crippen molar-refractivity contribution < 1.29 is 0 Å². The molecule has 8 heavy (non-hydrogen) atoms. The first-order valence-corrected chi connectivity index (χ1v) is 1.73. The van der Waals surface area contributed by atoms with Gasteiger partial charge in [0.25, 0.3) is 0 Å². The average molecular weight is 122 g/mol. The summed E-state index contributed by atoms with van der Waals surface area (Å²) in [6.45, 7) is 6.50. The van der Waals surface area contributed by atoms with Crippen molar-refractivity contribution in [3.05, 3.63) is 0 Å². The minimum absolute atomic E-state index is 0. The van der Waals surface area contributed by atoms with Gasteiger partial charge in [0.1, 0.15) is 0 Å². The van der Waals surface area contributed by atoms with Crippen LogP contribution in [0.15, 0.2) is 0 Å². The molecule has 0 aromatic heterocycles. The molecule has 0 saturated heterocycles. The molecule has 0 spiro atoms. The monoisotopic (exact) mass is 122 g/mol. The Bertz CT molecular complexity index is 4.75. The van der Waals surface area contributed by atoms with Crippen molar-refractivity contribution >= 4 is 0 Å². The molecule has 0 rings (SSSR count). The van der Waals surface area contributed by atoms with Crippen LogP contribution in [0.25, 0.3) is 0 Å². The molecule has 0 bridgehead atoms. The van der Waals surface area contributed by atoms with Crippen LogP contribution in [-0.4, -0.2) is 0 Å². The van der Waals surface area contributed by atoms with Crippen LogP contribution < -0.4 is 0 Å². The molecule has 0 nitrogen and oxygen atoms in total. The highest BCUT2D eigenvalue weighted by atomic mass is 13.7. The van der Waals surface area contributed by atoms with Crippen molar-refractivity contribution in [2.24, 2.45) is 5.92 Å². The van der Waals surface area contributed by atoms with Gasteiger partial charge in [0.05, 0.1) is 0 Å². The molecule has 0 aliphatic rings. The van der Waals surface area contributed by atoms with Gasteiger partial charge in [-0.05, 0) is 5.92 Å². The van der Waals surface area contributed by atoms with Gasteiger partial charge in [-0.2, -0.15) is 0 Å². The van der Waals surface area contributed by atoms with Crippen LogP contribution in [0.1, 0.15) is 50.5 Å². The Kier molecular flexibility index (Phi) is 152. The second-order valence-corrected chi connectivity index (χ2v) is 1.73. The van der Waals surface area contributed by atoms with E-state index in [0.29, 0.717) is 0 Å². The molecule has 0 saturated carbocycles. The van der Waals surface area contributed by atoms with E-state index in [1.54, 1.807) is 0 Å². The maximum atomic E-state index is 2.17. The van der Waals surface area contributed by atoms with Gasteiger partial charge in [0, 0.05) is 0 Å². The largest absolute Gasteiger partial charge is 0.0776 e. The number of hydrogen-bond acceptors (Lipinski definition) is 0. The Morgan fingerprint density at radius 2 is 0.625 bits per heavy atom. The molecule has 0 aromatic carbocycles. The zero-order valence-electron chi connectivity index (χ0n) is 3.58. The minimum Gasteiger partial charge on any atom is -0.0776 e. The van der Waals surface area contributed by atoms with E-state index in [-0.39, 0.29) is 29.7 Å². The lowest BCUT2D eigenvalue weighted by atomic mass is 10.3. The van der Waals surface area contributed by atoms with Gasteiger partial charge in [0.2, 0.25) is 0 Å². The first kappa shape index (κ1) is 43.6. The van der Waals surface area contributed by atoms with Gasteiger partial charge in [-0.15, -0.1) is 0 Å². The molecule has 0 aromatic rings. The average Bonchev–Trinajstić information content (AvgIpc) is 0.811. The lowest BCUT2D eigenvalue weighted by Crippen LogP contribution is -1.66. The third-order valence-corrected chi connectivity index (χ3v) is 0. The Morgan fingerprint density at radius 1 is 0.625 bits per heavy atom. The normalized spacial score (nSPS) is 4.50. The molecular formula is C8H26. The molecule has 0 amide bonds. The number of hydrogen-bond donors (Lipinski definition) is 0. The highest BCUT2D eigenvalue weighted by Gasteiger charge is 1.68. The van der Waals surface area contributed by atoms with Gasteiger partial charge in [-0.1, -0.05) is 50.5 Å². The molecule has 0 N–H and O–H groups in total. The molecule has 0 aliphatic carbocycles. The Labute approximate surface area is 57.3 Å². The lowest BCUT2D eigenvalue weighted by Gasteiger charge is -1.79. The summed E-state index contributed by atoms with van der Waals surface area (Å²) in [5.74, 6) is 0.833. The summed E-state index contributed by atoms with van der Waals surface area (Å²) >= 11 is 0. The van der Waals surface area contributed by atoms with Gasteiger partial charge in [-0.25, -0.2) is 0 Å². The van der Waals surface area contributed by atoms with Crippen LogP contribution in [0, 0.1) is 5.92 Å². The lowest BCUT2D eigenvalue weighted by molar-refractivity contribution is 0.737. The van der Waals surface area contributed by atoms with Crippen molar-refractivity contribution in [3.8, 4) is 0 Å². The third-order valence-electron chi connectivity index (χ3n) is 0. The second kappa shape index (κ2) is 28.0. The van der Waals surface area contributed by atoms with E-state index in [4.69, 9.17) is 0 Å². The first-order chi connectivity index (χ1) is 1.73. The fourth-order valence-corrected chi connectivity index (χ4v) is 0. The molecule has 0 fully saturated rings. The van der Waals surface area contributed by atoms with Crippen molar-refractivity contribution in [2.75, 3.05) is 0 Å². The standard InChI is InChI=1S/C4H10.4CH4/c1-4(2)3;;;;/h4H,1-3H3;4*1H4. The fraction of sp³-hybridized carbons (Fsp3) is 1.00. The van der Waals surface area contributed by atoms with Crippen molar-refractivity contribution in [1.29, 1.82) is 0 Å². The first-order valence-electron chi connectivity index (χ1n) is 1.73. The van der Waals surface area contributed by atoms with Crippen molar-refractivity contribution in [3.63, 3.8) is 0 Å². The summed E-state index contributed by atoms with van der Waals surface area (Å²) in [4.78, 5) is 0. The highest BCUT2D eigenvalue weighted by Crippen LogP contribution is 1.81. The summed E-state index contributed by atoms with van der Waals surface area (Å²) in [6, 6.07) is 0. The van der Waals surface area contributed by atoms with E-state index in [0.717, 1.165) is 5.92 Å². The predicted octanol–water partition coefficient (Wildman–Crippen LogP) is 4.21. The van der Waals surface area contributed by atoms with Crippen LogP contribution in [0.3, 0.4) is 0 Å². The van der Waals surface area contributed by atoms with Crippen LogP contribution in [0.4, 0.5) is 0 Å². The topological polar surface area (TPSA) is 0 Å².